The highest BCUT2D eigenvalue weighted by molar-refractivity contribution is 5.95. The van der Waals surface area contributed by atoms with E-state index in [1.807, 2.05) is 36.9 Å². The number of hydrogen-bond donors (Lipinski definition) is 0. The molecule has 8 heteroatoms. The Balaban J connectivity index is 1.62. The van der Waals surface area contributed by atoms with Crippen molar-refractivity contribution in [2.45, 2.75) is 39.3 Å². The van der Waals surface area contributed by atoms with Crippen LogP contribution in [0.4, 0.5) is 0 Å². The van der Waals surface area contributed by atoms with E-state index in [-0.39, 0.29) is 17.6 Å². The van der Waals surface area contributed by atoms with Gasteiger partial charge in [0.05, 0.1) is 23.7 Å². The second kappa shape index (κ2) is 8.10. The molecule has 4 rings (SSSR count). The molecule has 30 heavy (non-hydrogen) atoms. The Labute approximate surface area is 175 Å². The molecule has 8 nitrogen and oxygen atoms in total. The molecule has 0 aliphatic carbocycles. The van der Waals surface area contributed by atoms with Crippen molar-refractivity contribution < 1.29 is 9.53 Å². The molecule has 1 amide bonds. The zero-order valence-electron chi connectivity index (χ0n) is 18.1. The maximum atomic E-state index is 13.4. The molecule has 0 saturated carbocycles. The molecular formula is C22H29N5O3. The third-order valence-corrected chi connectivity index (χ3v) is 6.22. The first-order chi connectivity index (χ1) is 14.4. The molecule has 1 atom stereocenters. The van der Waals surface area contributed by atoms with Gasteiger partial charge in [0.2, 0.25) is 0 Å². The minimum atomic E-state index is -0.0826. The zero-order valence-corrected chi connectivity index (χ0v) is 18.1. The number of amides is 1. The molecular weight excluding hydrogens is 382 g/mol. The topological polar surface area (TPSA) is 74.3 Å². The van der Waals surface area contributed by atoms with Crippen LogP contribution in [0.5, 0.6) is 0 Å². The molecule has 0 spiro atoms. The van der Waals surface area contributed by atoms with Gasteiger partial charge in [-0.2, -0.15) is 0 Å². The van der Waals surface area contributed by atoms with Crippen LogP contribution in [0.25, 0.3) is 11.2 Å². The Morgan fingerprint density at radius 1 is 1.33 bits per heavy atom. The fraction of sp³-hybridized carbons (Fsp3) is 0.500. The van der Waals surface area contributed by atoms with Gasteiger partial charge in [0.15, 0.2) is 5.65 Å². The second-order valence-electron chi connectivity index (χ2n) is 8.03. The number of likely N-dealkylation sites (tertiary alicyclic amines) is 1. The highest BCUT2D eigenvalue weighted by Crippen LogP contribution is 2.26. The number of pyridine rings is 1. The molecule has 3 aromatic rings. The van der Waals surface area contributed by atoms with E-state index in [4.69, 9.17) is 4.74 Å². The Morgan fingerprint density at radius 2 is 2.13 bits per heavy atom. The lowest BCUT2D eigenvalue weighted by molar-refractivity contribution is 0.0678. The van der Waals surface area contributed by atoms with Crippen LogP contribution in [0.15, 0.2) is 29.2 Å². The van der Waals surface area contributed by atoms with E-state index in [0.29, 0.717) is 25.3 Å². The standard InChI is InChI=1S/C22H29N5O3/c1-15-13-18(16(2)26(15)11-12-30-4)21(28)25-10-6-7-17(14-25)27-20-19(8-5-9-23-20)24(3)22(27)29/h5,8-9,13,17H,6-7,10-12,14H2,1-4H3/t17-/m0/s1. The normalized spacial score (nSPS) is 17.1. The van der Waals surface area contributed by atoms with Crippen LogP contribution in [-0.2, 0) is 18.3 Å². The number of carbonyl (C=O) groups excluding carboxylic acids is 1. The van der Waals surface area contributed by atoms with E-state index in [2.05, 4.69) is 9.55 Å². The van der Waals surface area contributed by atoms with Crippen LogP contribution in [0.1, 0.15) is 40.6 Å². The minimum absolute atomic E-state index is 0.0257. The first-order valence-corrected chi connectivity index (χ1v) is 10.4. The predicted molar refractivity (Wildman–Crippen MR) is 115 cm³/mol. The number of methoxy groups -OCH3 is 1. The zero-order chi connectivity index (χ0) is 21.4. The number of nitrogens with zero attached hydrogens (tertiary/aromatic N) is 5. The van der Waals surface area contributed by atoms with Gasteiger partial charge in [-0.3, -0.25) is 13.9 Å². The highest BCUT2D eigenvalue weighted by Gasteiger charge is 2.30. The van der Waals surface area contributed by atoms with E-state index in [1.54, 1.807) is 29.5 Å². The minimum Gasteiger partial charge on any atom is -0.383 e. The molecule has 0 unspecified atom stereocenters. The molecule has 1 fully saturated rings. The largest absolute Gasteiger partial charge is 0.383 e. The summed E-state index contributed by atoms with van der Waals surface area (Å²) in [5.41, 5.74) is 4.15. The van der Waals surface area contributed by atoms with Gasteiger partial charge in [-0.25, -0.2) is 9.78 Å². The number of fused-ring (bicyclic) bond motifs is 1. The van der Waals surface area contributed by atoms with Crippen molar-refractivity contribution in [2.24, 2.45) is 7.05 Å². The number of imidazole rings is 1. The number of aromatic nitrogens is 4. The van der Waals surface area contributed by atoms with Gasteiger partial charge < -0.3 is 14.2 Å². The molecule has 0 radical (unpaired) electrons. The van der Waals surface area contributed by atoms with Gasteiger partial charge in [-0.1, -0.05) is 0 Å². The highest BCUT2D eigenvalue weighted by atomic mass is 16.5. The SMILES string of the molecule is COCCn1c(C)cc(C(=O)N2CCC[C@H](n3c(=O)n(C)c4cccnc43)C2)c1C. The summed E-state index contributed by atoms with van der Waals surface area (Å²) < 4.78 is 10.7. The molecule has 1 aliphatic heterocycles. The first kappa shape index (κ1) is 20.4. The summed E-state index contributed by atoms with van der Waals surface area (Å²) in [6, 6.07) is 5.62. The number of ether oxygens (including phenoxy) is 1. The molecule has 3 aromatic heterocycles. The van der Waals surface area contributed by atoms with Crippen molar-refractivity contribution in [2.75, 3.05) is 26.8 Å². The van der Waals surface area contributed by atoms with Crippen molar-refractivity contribution in [1.29, 1.82) is 0 Å². The lowest BCUT2D eigenvalue weighted by Gasteiger charge is -2.33. The van der Waals surface area contributed by atoms with Crippen LogP contribution in [-0.4, -0.2) is 56.3 Å². The summed E-state index contributed by atoms with van der Waals surface area (Å²) in [6.45, 7) is 6.53. The van der Waals surface area contributed by atoms with Crippen LogP contribution in [0.3, 0.4) is 0 Å². The molecule has 160 valence electrons. The number of carbonyl (C=O) groups is 1. The van der Waals surface area contributed by atoms with Crippen molar-refractivity contribution in [3.8, 4) is 0 Å². The van der Waals surface area contributed by atoms with Crippen molar-refractivity contribution >= 4 is 17.1 Å². The van der Waals surface area contributed by atoms with Gasteiger partial charge in [0.25, 0.3) is 5.91 Å². The van der Waals surface area contributed by atoms with Crippen LogP contribution in [0, 0.1) is 13.8 Å². The van der Waals surface area contributed by atoms with Crippen LogP contribution < -0.4 is 5.69 Å². The monoisotopic (exact) mass is 411 g/mol. The van der Waals surface area contributed by atoms with Gasteiger partial charge in [0, 0.05) is 51.4 Å². The van der Waals surface area contributed by atoms with Crippen LogP contribution >= 0.6 is 0 Å². The predicted octanol–water partition coefficient (Wildman–Crippen LogP) is 2.28. The Kier molecular flexibility index (Phi) is 5.51. The molecule has 1 saturated heterocycles. The summed E-state index contributed by atoms with van der Waals surface area (Å²) in [5.74, 6) is 0.0257. The third kappa shape index (κ3) is 3.35. The molecule has 0 bridgehead atoms. The fourth-order valence-corrected chi connectivity index (χ4v) is 4.58. The fourth-order valence-electron chi connectivity index (χ4n) is 4.58. The molecule has 4 heterocycles. The van der Waals surface area contributed by atoms with E-state index in [1.165, 1.54) is 0 Å². The average molecular weight is 412 g/mol. The maximum Gasteiger partial charge on any atom is 0.330 e. The quantitative estimate of drug-likeness (QED) is 0.646. The third-order valence-electron chi connectivity index (χ3n) is 6.22. The Bertz CT molecular complexity index is 1140. The van der Waals surface area contributed by atoms with Gasteiger partial charge >= 0.3 is 5.69 Å². The number of piperidine rings is 1. The lowest BCUT2D eigenvalue weighted by atomic mass is 10.0. The summed E-state index contributed by atoms with van der Waals surface area (Å²) in [5, 5.41) is 0. The van der Waals surface area contributed by atoms with E-state index in [0.717, 1.165) is 41.9 Å². The lowest BCUT2D eigenvalue weighted by Crippen LogP contribution is -2.43. The van der Waals surface area contributed by atoms with E-state index < -0.39 is 0 Å². The van der Waals surface area contributed by atoms with E-state index in [9.17, 15) is 9.59 Å². The second-order valence-corrected chi connectivity index (χ2v) is 8.03. The van der Waals surface area contributed by atoms with Gasteiger partial charge in [-0.05, 0) is 44.9 Å². The summed E-state index contributed by atoms with van der Waals surface area (Å²) >= 11 is 0. The van der Waals surface area contributed by atoms with E-state index >= 15 is 0 Å². The van der Waals surface area contributed by atoms with Gasteiger partial charge in [0.1, 0.15) is 0 Å². The van der Waals surface area contributed by atoms with Crippen molar-refractivity contribution in [3.63, 3.8) is 0 Å². The smallest absolute Gasteiger partial charge is 0.330 e. The summed E-state index contributed by atoms with van der Waals surface area (Å²) in [4.78, 5) is 32.6. The number of aryl methyl sites for hydroxylation is 2. The number of hydrogen-bond acceptors (Lipinski definition) is 4. The maximum absolute atomic E-state index is 13.4. The van der Waals surface area contributed by atoms with Gasteiger partial charge in [-0.15, -0.1) is 0 Å². The van der Waals surface area contributed by atoms with Crippen molar-refractivity contribution in [3.05, 3.63) is 51.8 Å². The first-order valence-electron chi connectivity index (χ1n) is 10.4. The Morgan fingerprint density at radius 3 is 2.90 bits per heavy atom. The number of rotatable bonds is 5. The molecule has 0 N–H and O–H groups in total. The average Bonchev–Trinajstić information content (AvgIpc) is 3.19. The van der Waals surface area contributed by atoms with Crippen LogP contribution in [0.2, 0.25) is 0 Å². The Hall–Kier alpha value is -2.87. The summed E-state index contributed by atoms with van der Waals surface area (Å²) in [7, 11) is 3.45. The molecule has 0 aromatic carbocycles. The molecule has 1 aliphatic rings. The van der Waals surface area contributed by atoms with Crippen molar-refractivity contribution in [1.82, 2.24) is 23.6 Å². The summed E-state index contributed by atoms with van der Waals surface area (Å²) in [6.07, 6.45) is 3.42.